The van der Waals surface area contributed by atoms with Gasteiger partial charge in [-0.05, 0) is 55.2 Å². The molecule has 0 bridgehead atoms. The van der Waals surface area contributed by atoms with Crippen LogP contribution in [0.3, 0.4) is 0 Å². The second-order valence-electron chi connectivity index (χ2n) is 9.12. The van der Waals surface area contributed by atoms with E-state index >= 15 is 0 Å². The van der Waals surface area contributed by atoms with E-state index in [0.717, 1.165) is 24.1 Å². The Bertz CT molecular complexity index is 1610. The zero-order valence-electron chi connectivity index (χ0n) is 20.5. The van der Waals surface area contributed by atoms with E-state index in [2.05, 4.69) is 33.6 Å². The number of methoxy groups -OCH3 is 1. The monoisotopic (exact) mass is 519 g/mol. The number of nitrogens with one attached hydrogen (secondary N) is 1. The van der Waals surface area contributed by atoms with Crippen molar-refractivity contribution in [3.8, 4) is 29.0 Å². The van der Waals surface area contributed by atoms with Gasteiger partial charge in [-0.2, -0.15) is 5.10 Å². The van der Waals surface area contributed by atoms with Crippen molar-refractivity contribution in [2.75, 3.05) is 11.8 Å². The average molecular weight is 520 g/mol. The third-order valence-electron chi connectivity index (χ3n) is 6.58. The molecule has 3 heterocycles. The average Bonchev–Trinajstić information content (AvgIpc) is 3.30. The van der Waals surface area contributed by atoms with Gasteiger partial charge in [-0.25, -0.2) is 27.3 Å². The Hall–Kier alpha value is -3.97. The predicted molar refractivity (Wildman–Crippen MR) is 138 cm³/mol. The van der Waals surface area contributed by atoms with E-state index in [1.54, 1.807) is 35.2 Å². The van der Waals surface area contributed by atoms with Crippen LogP contribution in [0.15, 0.2) is 59.9 Å². The molecule has 0 amide bonds. The molecule has 37 heavy (non-hydrogen) atoms. The second kappa shape index (κ2) is 10.2. The molecule has 1 N–H and O–H groups in total. The van der Waals surface area contributed by atoms with E-state index < -0.39 is 15.8 Å². The fourth-order valence-corrected chi connectivity index (χ4v) is 5.51. The number of halogens is 1. The van der Waals surface area contributed by atoms with Crippen LogP contribution in [0, 0.1) is 29.5 Å². The van der Waals surface area contributed by atoms with Crippen LogP contribution < -0.4 is 9.46 Å². The van der Waals surface area contributed by atoms with Crippen LogP contribution in [0.2, 0.25) is 0 Å². The normalized spacial score (nSPS) is 17.7. The molecule has 1 aliphatic rings. The highest BCUT2D eigenvalue weighted by Gasteiger charge is 2.20. The number of anilines is 1. The molecule has 1 saturated carbocycles. The second-order valence-corrected chi connectivity index (χ2v) is 10.8. The van der Waals surface area contributed by atoms with Gasteiger partial charge in [-0.15, -0.1) is 0 Å². The number of ether oxygens (including phenoxy) is 1. The summed E-state index contributed by atoms with van der Waals surface area (Å²) >= 11 is 0. The largest absolute Gasteiger partial charge is 0.480 e. The molecular weight excluding hydrogens is 493 g/mol. The molecule has 3 aromatic heterocycles. The van der Waals surface area contributed by atoms with Crippen LogP contribution in [-0.4, -0.2) is 35.1 Å². The molecule has 1 fully saturated rings. The summed E-state index contributed by atoms with van der Waals surface area (Å²) in [6.07, 6.45) is 9.82. The molecule has 2 atom stereocenters. The lowest BCUT2D eigenvalue weighted by molar-refractivity contribution is 0.316. The van der Waals surface area contributed by atoms with Crippen LogP contribution in [0.25, 0.3) is 16.9 Å². The number of benzene rings is 1. The maximum atomic E-state index is 13.3. The van der Waals surface area contributed by atoms with Gasteiger partial charge in [-0.1, -0.05) is 31.6 Å². The van der Waals surface area contributed by atoms with E-state index in [4.69, 9.17) is 9.72 Å². The molecule has 190 valence electrons. The quantitative estimate of drug-likeness (QED) is 0.376. The lowest BCUT2D eigenvalue weighted by Crippen LogP contribution is -2.14. The molecule has 5 rings (SSSR count). The number of nitrogens with zero attached hydrogens (tertiary/aromatic N) is 4. The minimum Gasteiger partial charge on any atom is -0.480 e. The summed E-state index contributed by atoms with van der Waals surface area (Å²) in [5.41, 5.74) is 2.61. The summed E-state index contributed by atoms with van der Waals surface area (Å²) in [5.74, 6) is 7.21. The van der Waals surface area contributed by atoms with Gasteiger partial charge in [0.15, 0.2) is 5.65 Å². The van der Waals surface area contributed by atoms with Crippen molar-refractivity contribution in [1.82, 2.24) is 19.6 Å². The Kier molecular flexibility index (Phi) is 6.80. The van der Waals surface area contributed by atoms with Gasteiger partial charge in [0, 0.05) is 23.9 Å². The molecule has 10 heteroatoms. The van der Waals surface area contributed by atoms with E-state index in [1.165, 1.54) is 38.5 Å². The van der Waals surface area contributed by atoms with Gasteiger partial charge in [0.1, 0.15) is 11.5 Å². The molecule has 4 aromatic rings. The summed E-state index contributed by atoms with van der Waals surface area (Å²) in [6, 6.07) is 7.90. The molecule has 0 saturated heterocycles. The predicted octanol–water partition coefficient (Wildman–Crippen LogP) is 4.92. The van der Waals surface area contributed by atoms with Gasteiger partial charge >= 0.3 is 0 Å². The molecule has 1 aromatic carbocycles. The Morgan fingerprint density at radius 2 is 1.92 bits per heavy atom. The zero-order valence-corrected chi connectivity index (χ0v) is 21.3. The highest BCUT2D eigenvalue weighted by molar-refractivity contribution is 7.92. The molecule has 0 spiro atoms. The summed E-state index contributed by atoms with van der Waals surface area (Å²) in [5, 5.41) is 4.37. The van der Waals surface area contributed by atoms with Crippen LogP contribution >= 0.6 is 0 Å². The highest BCUT2D eigenvalue weighted by Crippen LogP contribution is 2.31. The van der Waals surface area contributed by atoms with Gasteiger partial charge in [0.05, 0.1) is 29.5 Å². The first-order valence-corrected chi connectivity index (χ1v) is 13.5. The van der Waals surface area contributed by atoms with E-state index in [-0.39, 0.29) is 16.5 Å². The Labute approximate surface area is 215 Å². The van der Waals surface area contributed by atoms with Crippen LogP contribution in [0.5, 0.6) is 5.88 Å². The highest BCUT2D eigenvalue weighted by atomic mass is 32.2. The lowest BCUT2D eigenvalue weighted by Gasteiger charge is -2.23. The summed E-state index contributed by atoms with van der Waals surface area (Å²) in [6.45, 7) is 2.25. The topological polar surface area (TPSA) is 98.5 Å². The van der Waals surface area contributed by atoms with Crippen molar-refractivity contribution >= 4 is 21.4 Å². The van der Waals surface area contributed by atoms with Crippen molar-refractivity contribution in [1.29, 1.82) is 0 Å². The van der Waals surface area contributed by atoms with Crippen molar-refractivity contribution in [2.45, 2.75) is 37.5 Å². The standard InChI is InChI=1S/C27H26FN5O3S/c1-18-5-3-4-6-19(18)7-8-20-17-30-33-14-13-24(31-26(20)33)21-15-25(27(36-2)29-16-21)32-37(34,35)23-11-9-22(28)10-12-23/h9-19,32H,3-6H2,1-2H3. The number of pyridine rings is 1. The van der Waals surface area contributed by atoms with Crippen molar-refractivity contribution in [2.24, 2.45) is 11.8 Å². The molecule has 2 unspecified atom stereocenters. The third kappa shape index (κ3) is 5.27. The SMILES string of the molecule is COc1ncc(-c2ccn3ncc(C#CC4CCCCC4C)c3n2)cc1NS(=O)(=O)c1ccc(F)cc1. The molecule has 8 nitrogen and oxygen atoms in total. The van der Waals surface area contributed by atoms with Crippen LogP contribution in [0.4, 0.5) is 10.1 Å². The Morgan fingerprint density at radius 3 is 2.68 bits per heavy atom. The van der Waals surface area contributed by atoms with Crippen molar-refractivity contribution < 1.29 is 17.5 Å². The van der Waals surface area contributed by atoms with Crippen LogP contribution in [0.1, 0.15) is 38.2 Å². The summed E-state index contributed by atoms with van der Waals surface area (Å²) < 4.78 is 48.4. The third-order valence-corrected chi connectivity index (χ3v) is 7.96. The minimum absolute atomic E-state index is 0.0874. The smallest absolute Gasteiger partial charge is 0.262 e. The molecule has 1 aliphatic carbocycles. The van der Waals surface area contributed by atoms with Gasteiger partial charge in [-0.3, -0.25) is 4.72 Å². The van der Waals surface area contributed by atoms with Crippen molar-refractivity contribution in [3.63, 3.8) is 0 Å². The summed E-state index contributed by atoms with van der Waals surface area (Å²) in [4.78, 5) is 8.92. The summed E-state index contributed by atoms with van der Waals surface area (Å²) in [7, 11) is -2.61. The van der Waals surface area contributed by atoms with Gasteiger partial charge < -0.3 is 4.74 Å². The molecular formula is C27H26FN5O3S. The lowest BCUT2D eigenvalue weighted by atomic mass is 9.81. The van der Waals surface area contributed by atoms with Gasteiger partial charge in [0.25, 0.3) is 10.0 Å². The van der Waals surface area contributed by atoms with Crippen LogP contribution in [-0.2, 0) is 10.0 Å². The number of hydrogen-bond acceptors (Lipinski definition) is 6. The Balaban J connectivity index is 1.48. The van der Waals surface area contributed by atoms with E-state index in [0.29, 0.717) is 28.7 Å². The number of fused-ring (bicyclic) bond motifs is 1. The number of aromatic nitrogens is 4. The fourth-order valence-electron chi connectivity index (χ4n) is 4.46. The number of hydrogen-bond donors (Lipinski definition) is 1. The number of rotatable bonds is 5. The first-order chi connectivity index (χ1) is 17.8. The van der Waals surface area contributed by atoms with Gasteiger partial charge in [0.2, 0.25) is 5.88 Å². The number of sulfonamides is 1. The zero-order chi connectivity index (χ0) is 26.0. The maximum absolute atomic E-state index is 13.3. The molecule has 0 aliphatic heterocycles. The van der Waals surface area contributed by atoms with E-state index in [9.17, 15) is 12.8 Å². The molecule has 0 radical (unpaired) electrons. The first-order valence-electron chi connectivity index (χ1n) is 12.0. The maximum Gasteiger partial charge on any atom is 0.262 e. The van der Waals surface area contributed by atoms with E-state index in [1.807, 2.05) is 0 Å². The first kappa shape index (κ1) is 24.7. The van der Waals surface area contributed by atoms with Crippen molar-refractivity contribution in [3.05, 3.63) is 66.4 Å². The minimum atomic E-state index is -4.01. The Morgan fingerprint density at radius 1 is 1.14 bits per heavy atom. The fraction of sp³-hybridized carbons (Fsp3) is 0.296.